The van der Waals surface area contributed by atoms with E-state index in [1.54, 1.807) is 25.8 Å². The molecule has 0 heterocycles. The molecule has 0 spiro atoms. The van der Waals surface area contributed by atoms with Crippen molar-refractivity contribution in [2.75, 3.05) is 20.2 Å². The molecule has 0 aromatic heterocycles. The number of hydrogen-bond acceptors (Lipinski definition) is 3. The lowest BCUT2D eigenvalue weighted by Crippen LogP contribution is -2.50. The van der Waals surface area contributed by atoms with Crippen molar-refractivity contribution in [1.29, 1.82) is 0 Å². The van der Waals surface area contributed by atoms with Crippen molar-refractivity contribution in [2.45, 2.75) is 26.3 Å². The SMILES string of the molecule is Cc1ccccc1OCCN(C)C(=O)C(C)(C)N. The molecule has 0 atom stereocenters. The van der Waals surface area contributed by atoms with E-state index in [0.717, 1.165) is 11.3 Å². The zero-order valence-electron chi connectivity index (χ0n) is 11.6. The van der Waals surface area contributed by atoms with Crippen molar-refractivity contribution in [3.63, 3.8) is 0 Å². The van der Waals surface area contributed by atoms with E-state index in [4.69, 9.17) is 10.5 Å². The number of rotatable bonds is 5. The van der Waals surface area contributed by atoms with Gasteiger partial charge in [-0.15, -0.1) is 0 Å². The van der Waals surface area contributed by atoms with E-state index < -0.39 is 5.54 Å². The molecule has 1 rings (SSSR count). The summed E-state index contributed by atoms with van der Waals surface area (Å²) < 4.78 is 5.64. The molecular formula is C14H22N2O2. The Kier molecular flexibility index (Phi) is 4.73. The minimum Gasteiger partial charge on any atom is -0.491 e. The van der Waals surface area contributed by atoms with Gasteiger partial charge in [0.25, 0.3) is 0 Å². The Bertz CT molecular complexity index is 411. The van der Waals surface area contributed by atoms with Gasteiger partial charge in [-0.2, -0.15) is 0 Å². The molecular weight excluding hydrogens is 228 g/mol. The van der Waals surface area contributed by atoms with Crippen LogP contribution in [0.5, 0.6) is 5.75 Å². The molecule has 100 valence electrons. The molecule has 0 aliphatic heterocycles. The standard InChI is InChI=1S/C14H22N2O2/c1-11-7-5-6-8-12(11)18-10-9-16(4)13(17)14(2,3)15/h5-8H,9-10,15H2,1-4H3. The van der Waals surface area contributed by atoms with Gasteiger partial charge < -0.3 is 15.4 Å². The number of likely N-dealkylation sites (N-methyl/N-ethyl adjacent to an activating group) is 1. The Morgan fingerprint density at radius 1 is 1.39 bits per heavy atom. The molecule has 0 aliphatic rings. The highest BCUT2D eigenvalue weighted by atomic mass is 16.5. The van der Waals surface area contributed by atoms with Crippen LogP contribution in [0.4, 0.5) is 0 Å². The quantitative estimate of drug-likeness (QED) is 0.863. The molecule has 18 heavy (non-hydrogen) atoms. The van der Waals surface area contributed by atoms with E-state index in [-0.39, 0.29) is 5.91 Å². The van der Waals surface area contributed by atoms with Crippen LogP contribution < -0.4 is 10.5 Å². The first-order valence-electron chi connectivity index (χ1n) is 6.05. The molecule has 0 fully saturated rings. The van der Waals surface area contributed by atoms with Crippen LogP contribution in [0.2, 0.25) is 0 Å². The highest BCUT2D eigenvalue weighted by Crippen LogP contribution is 2.15. The van der Waals surface area contributed by atoms with Crippen molar-refractivity contribution in [1.82, 2.24) is 4.90 Å². The third-order valence-corrected chi connectivity index (χ3v) is 2.68. The lowest BCUT2D eigenvalue weighted by molar-refractivity contribution is -0.134. The summed E-state index contributed by atoms with van der Waals surface area (Å²) in [6.45, 7) is 6.38. The van der Waals surface area contributed by atoms with Crippen LogP contribution in [0.3, 0.4) is 0 Å². The predicted molar refractivity (Wildman–Crippen MR) is 72.6 cm³/mol. The molecule has 1 amide bonds. The van der Waals surface area contributed by atoms with Gasteiger partial charge in [0, 0.05) is 7.05 Å². The largest absolute Gasteiger partial charge is 0.491 e. The number of carbonyl (C=O) groups is 1. The first-order valence-corrected chi connectivity index (χ1v) is 6.05. The maximum absolute atomic E-state index is 11.8. The van der Waals surface area contributed by atoms with Gasteiger partial charge in [-0.3, -0.25) is 4.79 Å². The number of benzene rings is 1. The average Bonchev–Trinajstić information content (AvgIpc) is 2.29. The molecule has 0 aliphatic carbocycles. The lowest BCUT2D eigenvalue weighted by atomic mass is 10.1. The molecule has 4 heteroatoms. The topological polar surface area (TPSA) is 55.6 Å². The number of aryl methyl sites for hydroxylation is 1. The number of carbonyl (C=O) groups excluding carboxylic acids is 1. The zero-order valence-corrected chi connectivity index (χ0v) is 11.6. The number of hydrogen-bond donors (Lipinski definition) is 1. The maximum Gasteiger partial charge on any atom is 0.241 e. The third kappa shape index (κ3) is 4.04. The maximum atomic E-state index is 11.8. The van der Waals surface area contributed by atoms with Crippen LogP contribution in [-0.2, 0) is 4.79 Å². The van der Waals surface area contributed by atoms with Gasteiger partial charge in [0.2, 0.25) is 5.91 Å². The number of amides is 1. The van der Waals surface area contributed by atoms with Crippen LogP contribution in [0.15, 0.2) is 24.3 Å². The first kappa shape index (κ1) is 14.5. The fourth-order valence-corrected chi connectivity index (χ4v) is 1.60. The van der Waals surface area contributed by atoms with E-state index >= 15 is 0 Å². The van der Waals surface area contributed by atoms with Crippen LogP contribution in [0, 0.1) is 6.92 Å². The Balaban J connectivity index is 2.43. The Morgan fingerprint density at radius 2 is 2.00 bits per heavy atom. The van der Waals surface area contributed by atoms with Gasteiger partial charge in [-0.1, -0.05) is 18.2 Å². The lowest BCUT2D eigenvalue weighted by Gasteiger charge is -2.25. The second kappa shape index (κ2) is 5.87. The normalized spacial score (nSPS) is 11.2. The van der Waals surface area contributed by atoms with Gasteiger partial charge in [-0.25, -0.2) is 0 Å². The van der Waals surface area contributed by atoms with Crippen molar-refractivity contribution >= 4 is 5.91 Å². The fourth-order valence-electron chi connectivity index (χ4n) is 1.60. The summed E-state index contributed by atoms with van der Waals surface area (Å²) in [6, 6.07) is 7.81. The van der Waals surface area contributed by atoms with Gasteiger partial charge >= 0.3 is 0 Å². The predicted octanol–water partition coefficient (Wildman–Crippen LogP) is 1.57. The summed E-state index contributed by atoms with van der Waals surface area (Å²) in [5.74, 6) is 0.765. The summed E-state index contributed by atoms with van der Waals surface area (Å²) >= 11 is 0. The number of nitrogens with two attached hydrogens (primary N) is 1. The smallest absolute Gasteiger partial charge is 0.241 e. The summed E-state index contributed by atoms with van der Waals surface area (Å²) in [7, 11) is 1.73. The molecule has 1 aromatic rings. The minimum absolute atomic E-state index is 0.0871. The summed E-state index contributed by atoms with van der Waals surface area (Å²) in [4.78, 5) is 13.4. The van der Waals surface area contributed by atoms with Gasteiger partial charge in [-0.05, 0) is 32.4 Å². The van der Waals surface area contributed by atoms with Crippen molar-refractivity contribution in [3.8, 4) is 5.75 Å². The van der Waals surface area contributed by atoms with E-state index in [9.17, 15) is 4.79 Å². The minimum atomic E-state index is -0.836. The molecule has 4 nitrogen and oxygen atoms in total. The number of ether oxygens (including phenoxy) is 1. The average molecular weight is 250 g/mol. The fraction of sp³-hybridized carbons (Fsp3) is 0.500. The van der Waals surface area contributed by atoms with Gasteiger partial charge in [0.1, 0.15) is 12.4 Å². The summed E-state index contributed by atoms with van der Waals surface area (Å²) in [5, 5.41) is 0. The molecule has 0 unspecified atom stereocenters. The van der Waals surface area contributed by atoms with Crippen molar-refractivity contribution < 1.29 is 9.53 Å². The molecule has 0 bridgehead atoms. The Labute approximate surface area is 109 Å². The molecule has 0 saturated carbocycles. The molecule has 0 saturated heterocycles. The van der Waals surface area contributed by atoms with E-state index in [0.29, 0.717) is 13.2 Å². The molecule has 2 N–H and O–H groups in total. The van der Waals surface area contributed by atoms with Crippen LogP contribution >= 0.6 is 0 Å². The monoisotopic (exact) mass is 250 g/mol. The number of nitrogens with zero attached hydrogens (tertiary/aromatic N) is 1. The van der Waals surface area contributed by atoms with Gasteiger partial charge in [0.15, 0.2) is 0 Å². The third-order valence-electron chi connectivity index (χ3n) is 2.68. The summed E-state index contributed by atoms with van der Waals surface area (Å²) in [6.07, 6.45) is 0. The first-order chi connectivity index (χ1) is 8.32. The van der Waals surface area contributed by atoms with Crippen LogP contribution in [0.1, 0.15) is 19.4 Å². The zero-order chi connectivity index (χ0) is 13.8. The highest BCUT2D eigenvalue weighted by Gasteiger charge is 2.25. The van der Waals surface area contributed by atoms with Crippen molar-refractivity contribution in [2.24, 2.45) is 5.73 Å². The van der Waals surface area contributed by atoms with Crippen molar-refractivity contribution in [3.05, 3.63) is 29.8 Å². The Hall–Kier alpha value is -1.55. The number of para-hydroxylation sites is 1. The highest BCUT2D eigenvalue weighted by molar-refractivity contribution is 5.84. The summed E-state index contributed by atoms with van der Waals surface area (Å²) in [5.41, 5.74) is 6.01. The second-order valence-corrected chi connectivity index (χ2v) is 5.06. The van der Waals surface area contributed by atoms with E-state index in [2.05, 4.69) is 0 Å². The molecule has 0 radical (unpaired) electrons. The van der Waals surface area contributed by atoms with E-state index in [1.165, 1.54) is 0 Å². The van der Waals surface area contributed by atoms with E-state index in [1.807, 2.05) is 31.2 Å². The second-order valence-electron chi connectivity index (χ2n) is 5.06. The van der Waals surface area contributed by atoms with Crippen LogP contribution in [-0.4, -0.2) is 36.5 Å². The molecule has 1 aromatic carbocycles. The Morgan fingerprint density at radius 3 is 2.56 bits per heavy atom. The van der Waals surface area contributed by atoms with Gasteiger partial charge in [0.05, 0.1) is 12.1 Å². The van der Waals surface area contributed by atoms with Crippen LogP contribution in [0.25, 0.3) is 0 Å².